The highest BCUT2D eigenvalue weighted by Gasteiger charge is 2.25. The molecule has 1 saturated heterocycles. The van der Waals surface area contributed by atoms with Crippen LogP contribution in [0, 0.1) is 0 Å². The number of carbonyl (C=O) groups is 2. The van der Waals surface area contributed by atoms with Gasteiger partial charge in [0.15, 0.2) is 5.78 Å². The maximum Gasteiger partial charge on any atom is 0.410 e. The lowest BCUT2D eigenvalue weighted by molar-refractivity contribution is 0.0507. The molecule has 31 heavy (non-hydrogen) atoms. The molecule has 1 amide bonds. The molecule has 1 aliphatic heterocycles. The number of aryl methyl sites for hydroxylation is 1. The van der Waals surface area contributed by atoms with Gasteiger partial charge < -0.3 is 19.7 Å². The number of rotatable bonds is 5. The first kappa shape index (κ1) is 21.1. The van der Waals surface area contributed by atoms with Crippen LogP contribution in [0.4, 0.5) is 16.3 Å². The zero-order chi connectivity index (χ0) is 21.8. The minimum atomic E-state index is -0.270. The summed E-state index contributed by atoms with van der Waals surface area (Å²) in [6.07, 6.45) is 4.95. The highest BCUT2D eigenvalue weighted by molar-refractivity contribution is 5.98. The number of amides is 1. The van der Waals surface area contributed by atoms with Crippen LogP contribution in [0.3, 0.4) is 0 Å². The van der Waals surface area contributed by atoms with Gasteiger partial charge in [-0.2, -0.15) is 0 Å². The predicted octanol–water partition coefficient (Wildman–Crippen LogP) is 4.13. The molecule has 1 aromatic carbocycles. The fourth-order valence-electron chi connectivity index (χ4n) is 3.95. The maximum atomic E-state index is 12.0. The quantitative estimate of drug-likeness (QED) is 0.771. The second-order valence-electron chi connectivity index (χ2n) is 8.25. The van der Waals surface area contributed by atoms with E-state index in [0.717, 1.165) is 42.5 Å². The van der Waals surface area contributed by atoms with Crippen LogP contribution in [0.2, 0.25) is 0 Å². The number of aromatic nitrogens is 2. The fourth-order valence-corrected chi connectivity index (χ4v) is 3.95. The van der Waals surface area contributed by atoms with E-state index < -0.39 is 0 Å². The summed E-state index contributed by atoms with van der Waals surface area (Å²) in [4.78, 5) is 34.2. The molecule has 1 N–H and O–H groups in total. The minimum absolute atomic E-state index is 0.0133. The van der Waals surface area contributed by atoms with Crippen molar-refractivity contribution >= 4 is 23.4 Å². The third kappa shape index (κ3) is 5.31. The molecule has 2 heterocycles. The molecule has 0 spiro atoms. The second-order valence-corrected chi connectivity index (χ2v) is 8.25. The van der Waals surface area contributed by atoms with Crippen molar-refractivity contribution in [2.45, 2.75) is 58.2 Å². The number of piperidine rings is 1. The Hall–Kier alpha value is -3.16. The number of ketones is 1. The number of ether oxygens (including phenoxy) is 2. The SMILES string of the molecule is CC(C)OC(=O)N1CCC(Oc2cc(Nc3ccc4c(c3)CCCC4=O)ncn2)CC1. The zero-order valence-corrected chi connectivity index (χ0v) is 18.0. The van der Waals surface area contributed by atoms with Gasteiger partial charge in [0.2, 0.25) is 5.88 Å². The van der Waals surface area contributed by atoms with E-state index in [0.29, 0.717) is 31.2 Å². The molecule has 2 aliphatic rings. The number of benzene rings is 1. The van der Waals surface area contributed by atoms with Crippen molar-refractivity contribution in [3.05, 3.63) is 41.7 Å². The zero-order valence-electron chi connectivity index (χ0n) is 18.0. The van der Waals surface area contributed by atoms with E-state index in [1.807, 2.05) is 32.0 Å². The van der Waals surface area contributed by atoms with Gasteiger partial charge in [0.05, 0.1) is 6.10 Å². The van der Waals surface area contributed by atoms with Crippen molar-refractivity contribution in [1.82, 2.24) is 14.9 Å². The Balaban J connectivity index is 1.34. The number of anilines is 2. The van der Waals surface area contributed by atoms with Gasteiger partial charge in [-0.3, -0.25) is 4.79 Å². The first-order valence-corrected chi connectivity index (χ1v) is 10.9. The molecule has 0 radical (unpaired) electrons. The fraction of sp³-hybridized carbons (Fsp3) is 0.478. The van der Waals surface area contributed by atoms with E-state index in [4.69, 9.17) is 9.47 Å². The molecule has 8 heteroatoms. The van der Waals surface area contributed by atoms with Crippen molar-refractivity contribution in [1.29, 1.82) is 0 Å². The summed E-state index contributed by atoms with van der Waals surface area (Å²) >= 11 is 0. The third-order valence-corrected chi connectivity index (χ3v) is 5.49. The van der Waals surface area contributed by atoms with Crippen molar-refractivity contribution < 1.29 is 19.1 Å². The highest BCUT2D eigenvalue weighted by Crippen LogP contribution is 2.26. The molecule has 0 atom stereocenters. The summed E-state index contributed by atoms with van der Waals surface area (Å²) in [6.45, 7) is 4.89. The Morgan fingerprint density at radius 3 is 2.74 bits per heavy atom. The van der Waals surface area contributed by atoms with E-state index in [1.54, 1.807) is 11.0 Å². The number of hydrogen-bond donors (Lipinski definition) is 1. The Morgan fingerprint density at radius 1 is 1.16 bits per heavy atom. The lowest BCUT2D eigenvalue weighted by Crippen LogP contribution is -2.42. The molecule has 1 aromatic heterocycles. The highest BCUT2D eigenvalue weighted by atomic mass is 16.6. The van der Waals surface area contributed by atoms with E-state index in [9.17, 15) is 9.59 Å². The molecule has 0 saturated carbocycles. The van der Waals surface area contributed by atoms with Gasteiger partial charge in [0.25, 0.3) is 0 Å². The van der Waals surface area contributed by atoms with Crippen LogP contribution in [0.25, 0.3) is 0 Å². The van der Waals surface area contributed by atoms with Crippen molar-refractivity contribution in [2.24, 2.45) is 0 Å². The molecule has 8 nitrogen and oxygen atoms in total. The molecule has 1 aliphatic carbocycles. The van der Waals surface area contributed by atoms with Crippen LogP contribution in [-0.4, -0.2) is 52.0 Å². The molecule has 2 aromatic rings. The third-order valence-electron chi connectivity index (χ3n) is 5.49. The average Bonchev–Trinajstić information content (AvgIpc) is 2.74. The molecule has 4 rings (SSSR count). The van der Waals surface area contributed by atoms with Crippen molar-refractivity contribution in [2.75, 3.05) is 18.4 Å². The lowest BCUT2D eigenvalue weighted by atomic mass is 9.90. The van der Waals surface area contributed by atoms with Crippen molar-refractivity contribution in [3.8, 4) is 5.88 Å². The molecule has 0 unspecified atom stereocenters. The van der Waals surface area contributed by atoms with Gasteiger partial charge in [-0.25, -0.2) is 14.8 Å². The number of Topliss-reactive ketones (excluding diaryl/α,β-unsaturated/α-hetero) is 1. The van der Waals surface area contributed by atoms with Crippen LogP contribution in [0.15, 0.2) is 30.6 Å². The molecule has 164 valence electrons. The molecule has 1 fully saturated rings. The largest absolute Gasteiger partial charge is 0.474 e. The summed E-state index contributed by atoms with van der Waals surface area (Å²) < 4.78 is 11.3. The van der Waals surface area contributed by atoms with Gasteiger partial charge in [-0.1, -0.05) is 0 Å². The molecular formula is C23H28N4O4. The Bertz CT molecular complexity index is 954. The smallest absolute Gasteiger partial charge is 0.410 e. The van der Waals surface area contributed by atoms with Crippen LogP contribution < -0.4 is 10.1 Å². The van der Waals surface area contributed by atoms with Gasteiger partial charge in [0, 0.05) is 49.7 Å². The maximum absolute atomic E-state index is 12.0. The predicted molar refractivity (Wildman–Crippen MR) is 116 cm³/mol. The first-order chi connectivity index (χ1) is 15.0. The Kier molecular flexibility index (Phi) is 6.34. The number of nitrogens with one attached hydrogen (secondary N) is 1. The lowest BCUT2D eigenvalue weighted by Gasteiger charge is -2.31. The monoisotopic (exact) mass is 424 g/mol. The molecule has 0 bridgehead atoms. The molecular weight excluding hydrogens is 396 g/mol. The number of fused-ring (bicyclic) bond motifs is 1. The van der Waals surface area contributed by atoms with E-state index >= 15 is 0 Å². The van der Waals surface area contributed by atoms with Crippen LogP contribution in [-0.2, 0) is 11.2 Å². The van der Waals surface area contributed by atoms with Crippen LogP contribution in [0.1, 0.15) is 55.5 Å². The van der Waals surface area contributed by atoms with E-state index in [2.05, 4.69) is 15.3 Å². The van der Waals surface area contributed by atoms with Gasteiger partial charge >= 0.3 is 6.09 Å². The van der Waals surface area contributed by atoms with Crippen LogP contribution >= 0.6 is 0 Å². The van der Waals surface area contributed by atoms with Crippen LogP contribution in [0.5, 0.6) is 5.88 Å². The Labute approximate surface area is 182 Å². The number of carbonyl (C=O) groups excluding carboxylic acids is 2. The summed E-state index contributed by atoms with van der Waals surface area (Å²) in [7, 11) is 0. The minimum Gasteiger partial charge on any atom is -0.474 e. The van der Waals surface area contributed by atoms with Gasteiger partial charge in [0.1, 0.15) is 18.2 Å². The second kappa shape index (κ2) is 9.32. The van der Waals surface area contributed by atoms with Crippen molar-refractivity contribution in [3.63, 3.8) is 0 Å². The number of likely N-dealkylation sites (tertiary alicyclic amines) is 1. The van der Waals surface area contributed by atoms with Gasteiger partial charge in [-0.15, -0.1) is 0 Å². The first-order valence-electron chi connectivity index (χ1n) is 10.9. The summed E-state index contributed by atoms with van der Waals surface area (Å²) in [5, 5.41) is 3.27. The topological polar surface area (TPSA) is 93.7 Å². The summed E-state index contributed by atoms with van der Waals surface area (Å²) in [5.41, 5.74) is 2.79. The van der Waals surface area contributed by atoms with E-state index in [-0.39, 0.29) is 24.1 Å². The average molecular weight is 425 g/mol. The normalized spacial score (nSPS) is 16.7. The Morgan fingerprint density at radius 2 is 1.97 bits per heavy atom. The summed E-state index contributed by atoms with van der Waals surface area (Å²) in [6, 6.07) is 7.57. The standard InChI is InChI=1S/C23H28N4O4/c1-15(2)30-23(29)27-10-8-18(9-11-27)31-22-13-21(24-14-25-22)26-17-6-7-19-16(12-17)4-3-5-20(19)28/h6-7,12-15,18H,3-5,8-11H2,1-2H3,(H,24,25,26). The summed E-state index contributed by atoms with van der Waals surface area (Å²) in [5.74, 6) is 1.34. The number of hydrogen-bond acceptors (Lipinski definition) is 7. The van der Waals surface area contributed by atoms with E-state index in [1.165, 1.54) is 6.33 Å². The van der Waals surface area contributed by atoms with Gasteiger partial charge in [-0.05, 0) is 50.5 Å². The number of nitrogens with zero attached hydrogens (tertiary/aromatic N) is 3.